The summed E-state index contributed by atoms with van der Waals surface area (Å²) in [5.74, 6) is 1.31. The average Bonchev–Trinajstić information content (AvgIpc) is 2.58. The normalized spacial score (nSPS) is 10.2. The zero-order valence-electron chi connectivity index (χ0n) is 13.3. The number of benzene rings is 2. The van der Waals surface area contributed by atoms with Gasteiger partial charge in [-0.3, -0.25) is 4.79 Å². The third-order valence-corrected chi connectivity index (χ3v) is 3.97. The maximum Gasteiger partial charge on any atom is 0.251 e. The summed E-state index contributed by atoms with van der Waals surface area (Å²) in [6.07, 6.45) is 0.941. The van der Waals surface area contributed by atoms with Gasteiger partial charge in [-0.15, -0.1) is 0 Å². The molecule has 0 unspecified atom stereocenters. The summed E-state index contributed by atoms with van der Waals surface area (Å²) in [4.78, 5) is 12.1. The number of hydrogen-bond donors (Lipinski definition) is 1. The molecule has 1 N–H and O–H groups in total. The van der Waals surface area contributed by atoms with E-state index in [1.54, 1.807) is 7.11 Å². The Balaban J connectivity index is 1.99. The number of carbonyl (C=O) groups excluding carboxylic acids is 1. The maximum atomic E-state index is 12.1. The largest absolute Gasteiger partial charge is 0.493 e. The van der Waals surface area contributed by atoms with E-state index in [4.69, 9.17) is 9.47 Å². The smallest absolute Gasteiger partial charge is 0.251 e. The van der Waals surface area contributed by atoms with Gasteiger partial charge < -0.3 is 14.8 Å². The number of ether oxygens (including phenoxy) is 2. The number of methoxy groups -OCH3 is 1. The van der Waals surface area contributed by atoms with Crippen LogP contribution in [0.5, 0.6) is 11.5 Å². The van der Waals surface area contributed by atoms with E-state index >= 15 is 0 Å². The van der Waals surface area contributed by atoms with E-state index in [2.05, 4.69) is 34.8 Å². The fourth-order valence-corrected chi connectivity index (χ4v) is 2.40. The third-order valence-electron chi connectivity index (χ3n) is 3.25. The molecule has 0 saturated heterocycles. The van der Waals surface area contributed by atoms with Gasteiger partial charge >= 0.3 is 0 Å². The Bertz CT molecular complexity index is 656. The third kappa shape index (κ3) is 5.13. The number of carbonyl (C=O) groups is 1. The van der Waals surface area contributed by atoms with Crippen molar-refractivity contribution < 1.29 is 14.3 Å². The molecule has 0 bridgehead atoms. The molecule has 2 aromatic rings. The summed E-state index contributed by atoms with van der Waals surface area (Å²) in [6, 6.07) is 13.2. The van der Waals surface area contributed by atoms with Crippen LogP contribution in [0.1, 0.15) is 29.3 Å². The van der Waals surface area contributed by atoms with Crippen LogP contribution in [-0.2, 0) is 6.54 Å². The molecular weight excluding hydrogens is 405 g/mol. The standard InChI is InChI=1S/C18H20INO3/c1-3-10-23-16-9-4-13(11-17(16)22-2)12-20-18(21)14-5-7-15(19)8-6-14/h4-9,11H,3,10,12H2,1-2H3,(H,20,21). The number of nitrogens with one attached hydrogen (secondary N) is 1. The SMILES string of the molecule is CCCOc1ccc(CNC(=O)c2ccc(I)cc2)cc1OC. The molecular formula is C18H20INO3. The van der Waals surface area contributed by atoms with Crippen molar-refractivity contribution in [2.75, 3.05) is 13.7 Å². The van der Waals surface area contributed by atoms with Gasteiger partial charge in [-0.1, -0.05) is 13.0 Å². The summed E-state index contributed by atoms with van der Waals surface area (Å²) in [6.45, 7) is 3.15. The number of amides is 1. The quantitative estimate of drug-likeness (QED) is 0.682. The van der Waals surface area contributed by atoms with E-state index in [1.165, 1.54) is 0 Å². The first-order chi connectivity index (χ1) is 11.1. The fourth-order valence-electron chi connectivity index (χ4n) is 2.04. The first-order valence-electron chi connectivity index (χ1n) is 7.47. The number of rotatable bonds is 7. The summed E-state index contributed by atoms with van der Waals surface area (Å²) >= 11 is 2.21. The van der Waals surface area contributed by atoms with Gasteiger partial charge in [-0.2, -0.15) is 0 Å². The Hall–Kier alpha value is -1.76. The molecule has 0 aliphatic heterocycles. The molecule has 4 nitrogen and oxygen atoms in total. The van der Waals surface area contributed by atoms with Crippen molar-refractivity contribution in [3.63, 3.8) is 0 Å². The highest BCUT2D eigenvalue weighted by atomic mass is 127. The molecule has 2 aromatic carbocycles. The lowest BCUT2D eigenvalue weighted by Crippen LogP contribution is -2.22. The molecule has 0 heterocycles. The minimum atomic E-state index is -0.0910. The zero-order valence-corrected chi connectivity index (χ0v) is 15.4. The van der Waals surface area contributed by atoms with Gasteiger partial charge in [0.25, 0.3) is 5.91 Å². The van der Waals surface area contributed by atoms with E-state index < -0.39 is 0 Å². The minimum absolute atomic E-state index is 0.0910. The van der Waals surface area contributed by atoms with E-state index in [-0.39, 0.29) is 5.91 Å². The molecule has 0 atom stereocenters. The molecule has 0 aromatic heterocycles. The van der Waals surface area contributed by atoms with E-state index in [0.717, 1.165) is 21.3 Å². The highest BCUT2D eigenvalue weighted by Crippen LogP contribution is 2.28. The first-order valence-corrected chi connectivity index (χ1v) is 8.55. The van der Waals surface area contributed by atoms with Gasteiger partial charge in [0.15, 0.2) is 11.5 Å². The van der Waals surface area contributed by atoms with Gasteiger partial charge in [-0.05, 0) is 71.0 Å². The van der Waals surface area contributed by atoms with Crippen LogP contribution >= 0.6 is 22.6 Å². The summed E-state index contributed by atoms with van der Waals surface area (Å²) in [5.41, 5.74) is 1.62. The Morgan fingerprint density at radius 2 is 1.87 bits per heavy atom. The van der Waals surface area contributed by atoms with Crippen molar-refractivity contribution in [3.8, 4) is 11.5 Å². The van der Waals surface area contributed by atoms with Crippen molar-refractivity contribution in [1.29, 1.82) is 0 Å². The van der Waals surface area contributed by atoms with Crippen LogP contribution in [0.2, 0.25) is 0 Å². The minimum Gasteiger partial charge on any atom is -0.493 e. The lowest BCUT2D eigenvalue weighted by Gasteiger charge is -2.12. The lowest BCUT2D eigenvalue weighted by molar-refractivity contribution is 0.0951. The van der Waals surface area contributed by atoms with Gasteiger partial charge in [0, 0.05) is 15.7 Å². The highest BCUT2D eigenvalue weighted by molar-refractivity contribution is 14.1. The van der Waals surface area contributed by atoms with Gasteiger partial charge in [0.05, 0.1) is 13.7 Å². The summed E-state index contributed by atoms with van der Waals surface area (Å²) < 4.78 is 12.1. The predicted molar refractivity (Wildman–Crippen MR) is 99.1 cm³/mol. The van der Waals surface area contributed by atoms with Crippen LogP contribution in [0.3, 0.4) is 0 Å². The monoisotopic (exact) mass is 425 g/mol. The molecule has 0 aliphatic carbocycles. The van der Waals surface area contributed by atoms with Crippen LogP contribution < -0.4 is 14.8 Å². The summed E-state index contributed by atoms with van der Waals surface area (Å²) in [7, 11) is 1.61. The molecule has 122 valence electrons. The molecule has 0 spiro atoms. The van der Waals surface area contributed by atoms with Crippen LogP contribution in [0.15, 0.2) is 42.5 Å². The van der Waals surface area contributed by atoms with Crippen molar-refractivity contribution in [1.82, 2.24) is 5.32 Å². The molecule has 1 amide bonds. The second-order valence-corrected chi connectivity index (χ2v) is 6.27. The Kier molecular flexibility index (Phi) is 6.70. The predicted octanol–water partition coefficient (Wildman–Crippen LogP) is 4.02. The van der Waals surface area contributed by atoms with E-state index in [9.17, 15) is 4.79 Å². The fraction of sp³-hybridized carbons (Fsp3) is 0.278. The second-order valence-electron chi connectivity index (χ2n) is 5.02. The Morgan fingerprint density at radius 1 is 1.13 bits per heavy atom. The average molecular weight is 425 g/mol. The van der Waals surface area contributed by atoms with E-state index in [0.29, 0.717) is 24.5 Å². The topological polar surface area (TPSA) is 47.6 Å². The molecule has 0 aliphatic rings. The van der Waals surface area contributed by atoms with Crippen LogP contribution in [0.25, 0.3) is 0 Å². The summed E-state index contributed by atoms with van der Waals surface area (Å²) in [5, 5.41) is 2.91. The van der Waals surface area contributed by atoms with Crippen LogP contribution in [-0.4, -0.2) is 19.6 Å². The Morgan fingerprint density at radius 3 is 2.52 bits per heavy atom. The van der Waals surface area contributed by atoms with Gasteiger partial charge in [-0.25, -0.2) is 0 Å². The van der Waals surface area contributed by atoms with Crippen LogP contribution in [0, 0.1) is 3.57 Å². The van der Waals surface area contributed by atoms with Gasteiger partial charge in [0.1, 0.15) is 0 Å². The highest BCUT2D eigenvalue weighted by Gasteiger charge is 2.08. The molecule has 0 radical (unpaired) electrons. The number of hydrogen-bond acceptors (Lipinski definition) is 3. The number of halogens is 1. The molecule has 0 fully saturated rings. The lowest BCUT2D eigenvalue weighted by atomic mass is 10.1. The van der Waals surface area contributed by atoms with Gasteiger partial charge in [0.2, 0.25) is 0 Å². The van der Waals surface area contributed by atoms with Crippen molar-refractivity contribution in [3.05, 3.63) is 57.2 Å². The molecule has 0 saturated carbocycles. The molecule has 2 rings (SSSR count). The molecule has 23 heavy (non-hydrogen) atoms. The second kappa shape index (κ2) is 8.76. The maximum absolute atomic E-state index is 12.1. The van der Waals surface area contributed by atoms with Crippen molar-refractivity contribution >= 4 is 28.5 Å². The van der Waals surface area contributed by atoms with Crippen LogP contribution in [0.4, 0.5) is 0 Å². The first kappa shape index (κ1) is 17.6. The molecule has 5 heteroatoms. The Labute approximate surface area is 150 Å². The van der Waals surface area contributed by atoms with Crippen molar-refractivity contribution in [2.45, 2.75) is 19.9 Å². The van der Waals surface area contributed by atoms with Crippen molar-refractivity contribution in [2.24, 2.45) is 0 Å². The van der Waals surface area contributed by atoms with E-state index in [1.807, 2.05) is 42.5 Å². The zero-order chi connectivity index (χ0) is 16.7.